The smallest absolute Gasteiger partial charge is 0.174 e. The van der Waals surface area contributed by atoms with Crippen molar-refractivity contribution in [3.63, 3.8) is 0 Å². The van der Waals surface area contributed by atoms with Gasteiger partial charge in [-0.1, -0.05) is 27.4 Å². The fourth-order valence-corrected chi connectivity index (χ4v) is 2.61. The van der Waals surface area contributed by atoms with E-state index < -0.39 is 6.29 Å². The summed E-state index contributed by atoms with van der Waals surface area (Å²) < 4.78 is 5.48. The highest BCUT2D eigenvalue weighted by molar-refractivity contribution is 4.84. The largest absolute Gasteiger partial charge is 0.365 e. The van der Waals surface area contributed by atoms with E-state index in [1.54, 1.807) is 0 Å². The van der Waals surface area contributed by atoms with Crippen molar-refractivity contribution in [1.29, 1.82) is 0 Å². The molecule has 0 radical (unpaired) electrons. The molecular weight excluding hydrogens is 176 g/mol. The van der Waals surface area contributed by atoms with Crippen LogP contribution in [0.5, 0.6) is 0 Å². The highest BCUT2D eigenvalue weighted by Gasteiger charge is 2.33. The molecule has 1 fully saturated rings. The van der Waals surface area contributed by atoms with Gasteiger partial charge in [-0.15, -0.1) is 0 Å². The molecule has 1 aliphatic rings. The average Bonchev–Trinajstić information content (AvgIpc) is 1.99. The first kappa shape index (κ1) is 11.7. The highest BCUT2D eigenvalue weighted by atomic mass is 16.6. The quantitative estimate of drug-likeness (QED) is 0.558. The minimum absolute atomic E-state index is 0.182. The van der Waals surface area contributed by atoms with Gasteiger partial charge in [0.25, 0.3) is 0 Å². The third-order valence-corrected chi connectivity index (χ3v) is 2.88. The molecule has 0 bridgehead atoms. The summed E-state index contributed by atoms with van der Waals surface area (Å²) in [5, 5.41) is 9.33. The van der Waals surface area contributed by atoms with Crippen molar-refractivity contribution >= 4 is 0 Å². The number of hydrogen-bond donors (Lipinski definition) is 1. The van der Waals surface area contributed by atoms with Crippen molar-refractivity contribution in [3.05, 3.63) is 12.7 Å². The van der Waals surface area contributed by atoms with Crippen LogP contribution in [0.25, 0.3) is 0 Å². The molecule has 0 aliphatic heterocycles. The van der Waals surface area contributed by atoms with Crippen LogP contribution in [-0.2, 0) is 4.74 Å². The summed E-state index contributed by atoms with van der Waals surface area (Å²) in [6, 6.07) is 0. The number of aliphatic hydroxyl groups excluding tert-OH is 1. The second kappa shape index (κ2) is 4.45. The monoisotopic (exact) mass is 198 g/mol. The summed E-state index contributed by atoms with van der Waals surface area (Å²) in [5.74, 6) is 0.681. The van der Waals surface area contributed by atoms with E-state index in [2.05, 4.69) is 27.4 Å². The molecule has 14 heavy (non-hydrogen) atoms. The van der Waals surface area contributed by atoms with Crippen molar-refractivity contribution in [2.75, 3.05) is 0 Å². The average molecular weight is 198 g/mol. The fraction of sp³-hybridized carbons (Fsp3) is 0.833. The summed E-state index contributed by atoms with van der Waals surface area (Å²) >= 11 is 0. The summed E-state index contributed by atoms with van der Waals surface area (Å²) in [6.07, 6.45) is 4.14. The maximum absolute atomic E-state index is 9.33. The summed E-state index contributed by atoms with van der Waals surface area (Å²) in [7, 11) is 0. The van der Waals surface area contributed by atoms with Gasteiger partial charge in [0.1, 0.15) is 0 Å². The zero-order chi connectivity index (χ0) is 10.8. The number of ether oxygens (including phenoxy) is 1. The lowest BCUT2D eigenvalue weighted by molar-refractivity contribution is -0.132. The maximum atomic E-state index is 9.33. The standard InChI is InChI=1S/C12H22O2/c1-5-11(13)14-10-6-9(2)7-12(3,4)8-10/h5,9-11,13H,1,6-8H2,2-4H3. The van der Waals surface area contributed by atoms with Gasteiger partial charge in [-0.25, -0.2) is 0 Å². The molecule has 82 valence electrons. The molecule has 1 aliphatic carbocycles. The van der Waals surface area contributed by atoms with Crippen molar-refractivity contribution in [2.24, 2.45) is 11.3 Å². The molecule has 1 N–H and O–H groups in total. The molecule has 0 saturated heterocycles. The van der Waals surface area contributed by atoms with Gasteiger partial charge in [-0.2, -0.15) is 0 Å². The summed E-state index contributed by atoms with van der Waals surface area (Å²) in [6.45, 7) is 10.3. The van der Waals surface area contributed by atoms with Crippen LogP contribution in [0, 0.1) is 11.3 Å². The third-order valence-electron chi connectivity index (χ3n) is 2.88. The Labute approximate surface area is 87.0 Å². The van der Waals surface area contributed by atoms with E-state index in [-0.39, 0.29) is 6.10 Å². The molecule has 2 nitrogen and oxygen atoms in total. The second-order valence-corrected chi connectivity index (χ2v) is 5.30. The van der Waals surface area contributed by atoms with Crippen LogP contribution in [0.2, 0.25) is 0 Å². The number of aliphatic hydroxyl groups is 1. The fourth-order valence-electron chi connectivity index (χ4n) is 2.61. The Morgan fingerprint density at radius 1 is 1.50 bits per heavy atom. The molecule has 0 aromatic carbocycles. The van der Waals surface area contributed by atoms with Crippen molar-refractivity contribution < 1.29 is 9.84 Å². The molecule has 0 heterocycles. The Kier molecular flexibility index (Phi) is 3.73. The Bertz CT molecular complexity index is 198. The van der Waals surface area contributed by atoms with E-state index in [9.17, 15) is 5.11 Å². The molecule has 1 saturated carbocycles. The van der Waals surface area contributed by atoms with Gasteiger partial charge < -0.3 is 9.84 Å². The van der Waals surface area contributed by atoms with E-state index in [1.165, 1.54) is 12.5 Å². The summed E-state index contributed by atoms with van der Waals surface area (Å²) in [4.78, 5) is 0. The van der Waals surface area contributed by atoms with E-state index >= 15 is 0 Å². The van der Waals surface area contributed by atoms with Crippen molar-refractivity contribution in [3.8, 4) is 0 Å². The Balaban J connectivity index is 2.49. The van der Waals surface area contributed by atoms with Crippen LogP contribution in [-0.4, -0.2) is 17.5 Å². The predicted octanol–water partition coefficient (Wildman–Crippen LogP) is 2.72. The van der Waals surface area contributed by atoms with Gasteiger partial charge in [-0.05, 0) is 36.7 Å². The van der Waals surface area contributed by atoms with Crippen LogP contribution in [0.3, 0.4) is 0 Å². The minimum atomic E-state index is -0.805. The lowest BCUT2D eigenvalue weighted by Gasteiger charge is -2.39. The first-order chi connectivity index (χ1) is 6.43. The van der Waals surface area contributed by atoms with Crippen LogP contribution in [0.1, 0.15) is 40.0 Å². The molecule has 1 rings (SSSR count). The SMILES string of the molecule is C=CC(O)OC1CC(C)CC(C)(C)C1. The molecule has 2 heteroatoms. The van der Waals surface area contributed by atoms with Gasteiger partial charge >= 0.3 is 0 Å². The molecule has 0 aromatic rings. The Morgan fingerprint density at radius 3 is 2.64 bits per heavy atom. The lowest BCUT2D eigenvalue weighted by Crippen LogP contribution is -2.34. The van der Waals surface area contributed by atoms with E-state index in [4.69, 9.17) is 4.74 Å². The van der Waals surface area contributed by atoms with Crippen molar-refractivity contribution in [2.45, 2.75) is 52.4 Å². The predicted molar refractivity (Wildman–Crippen MR) is 57.9 cm³/mol. The topological polar surface area (TPSA) is 29.5 Å². The molecular formula is C12H22O2. The number of hydrogen-bond acceptors (Lipinski definition) is 2. The van der Waals surface area contributed by atoms with E-state index in [1.807, 2.05) is 0 Å². The minimum Gasteiger partial charge on any atom is -0.365 e. The molecule has 0 spiro atoms. The molecule has 3 unspecified atom stereocenters. The summed E-state index contributed by atoms with van der Waals surface area (Å²) in [5.41, 5.74) is 0.337. The van der Waals surface area contributed by atoms with Crippen LogP contribution >= 0.6 is 0 Å². The molecule has 3 atom stereocenters. The third kappa shape index (κ3) is 3.43. The van der Waals surface area contributed by atoms with Gasteiger partial charge in [0.15, 0.2) is 6.29 Å². The van der Waals surface area contributed by atoms with Gasteiger partial charge in [0, 0.05) is 0 Å². The first-order valence-electron chi connectivity index (χ1n) is 5.39. The maximum Gasteiger partial charge on any atom is 0.174 e. The Hall–Kier alpha value is -0.340. The first-order valence-corrected chi connectivity index (χ1v) is 5.39. The Morgan fingerprint density at radius 2 is 2.14 bits per heavy atom. The van der Waals surface area contributed by atoms with E-state index in [0.717, 1.165) is 12.8 Å². The zero-order valence-electron chi connectivity index (χ0n) is 9.49. The highest BCUT2D eigenvalue weighted by Crippen LogP contribution is 2.39. The zero-order valence-corrected chi connectivity index (χ0v) is 9.49. The molecule has 0 aromatic heterocycles. The van der Waals surface area contributed by atoms with Crippen LogP contribution in [0.4, 0.5) is 0 Å². The lowest BCUT2D eigenvalue weighted by atomic mass is 9.71. The second-order valence-electron chi connectivity index (χ2n) is 5.30. The molecule has 0 amide bonds. The van der Waals surface area contributed by atoms with Gasteiger partial charge in [0.05, 0.1) is 6.10 Å². The van der Waals surface area contributed by atoms with Gasteiger partial charge in [-0.3, -0.25) is 0 Å². The van der Waals surface area contributed by atoms with Crippen LogP contribution < -0.4 is 0 Å². The normalized spacial score (nSPS) is 33.7. The van der Waals surface area contributed by atoms with Crippen molar-refractivity contribution in [1.82, 2.24) is 0 Å². The van der Waals surface area contributed by atoms with Crippen LogP contribution in [0.15, 0.2) is 12.7 Å². The van der Waals surface area contributed by atoms with E-state index in [0.29, 0.717) is 11.3 Å². The van der Waals surface area contributed by atoms with Gasteiger partial charge in [0.2, 0.25) is 0 Å². The number of rotatable bonds is 3.